The minimum absolute atomic E-state index is 0.0671. The molecule has 0 spiro atoms. The van der Waals surface area contributed by atoms with Gasteiger partial charge in [0.1, 0.15) is 11.3 Å². The number of hydrogen-bond donors (Lipinski definition) is 3. The number of hydrogen-bond acceptors (Lipinski definition) is 4. The molecule has 102 valence electrons. The maximum Gasteiger partial charge on any atom is 0.339 e. The fraction of sp³-hybridized carbons (Fsp3) is 0.462. The number of aromatic hydroxyl groups is 1. The Kier molecular flexibility index (Phi) is 8.61. The third-order valence-corrected chi connectivity index (χ3v) is 2.45. The Labute approximate surface area is 107 Å². The Morgan fingerprint density at radius 3 is 2.06 bits per heavy atom. The van der Waals surface area contributed by atoms with Crippen LogP contribution in [0.15, 0.2) is 24.3 Å². The van der Waals surface area contributed by atoms with Crippen molar-refractivity contribution < 1.29 is 20.1 Å². The lowest BCUT2D eigenvalue weighted by Gasteiger charge is -2.15. The summed E-state index contributed by atoms with van der Waals surface area (Å²) in [7, 11) is 0. The monoisotopic (exact) mass is 255 g/mol. The van der Waals surface area contributed by atoms with Gasteiger partial charge in [0.15, 0.2) is 0 Å². The van der Waals surface area contributed by atoms with E-state index >= 15 is 0 Å². The summed E-state index contributed by atoms with van der Waals surface area (Å²) >= 11 is 0. The summed E-state index contributed by atoms with van der Waals surface area (Å²) in [5, 5.41) is 25.8. The van der Waals surface area contributed by atoms with Crippen LogP contribution in [0.25, 0.3) is 0 Å². The normalized spacial score (nSPS) is 9.78. The van der Waals surface area contributed by atoms with Crippen molar-refractivity contribution in [3.63, 3.8) is 0 Å². The minimum atomic E-state index is -1.11. The summed E-state index contributed by atoms with van der Waals surface area (Å²) < 4.78 is 0. The van der Waals surface area contributed by atoms with E-state index < -0.39 is 5.97 Å². The van der Waals surface area contributed by atoms with Crippen LogP contribution in [0, 0.1) is 0 Å². The van der Waals surface area contributed by atoms with Crippen LogP contribution in [0.5, 0.6) is 5.75 Å². The van der Waals surface area contributed by atoms with Crippen molar-refractivity contribution in [2.75, 3.05) is 26.2 Å². The standard InChI is InChI=1S/C7H6O3.C6H15NO/c8-6-4-2-1-3-5(6)7(9)10;1-3-7(4-2)5-6-8/h1-4,8H,(H,9,10);8H,3-6H2,1-2H3. The smallest absolute Gasteiger partial charge is 0.339 e. The lowest BCUT2D eigenvalue weighted by atomic mass is 10.2. The van der Waals surface area contributed by atoms with Gasteiger partial charge in [-0.3, -0.25) is 0 Å². The Morgan fingerprint density at radius 2 is 1.78 bits per heavy atom. The fourth-order valence-electron chi connectivity index (χ4n) is 1.34. The van der Waals surface area contributed by atoms with Crippen LogP contribution in [0.1, 0.15) is 24.2 Å². The van der Waals surface area contributed by atoms with Gasteiger partial charge in [0.05, 0.1) is 6.61 Å². The van der Waals surface area contributed by atoms with E-state index in [2.05, 4.69) is 18.7 Å². The lowest BCUT2D eigenvalue weighted by Crippen LogP contribution is -2.25. The van der Waals surface area contributed by atoms with E-state index in [-0.39, 0.29) is 17.9 Å². The molecule has 0 unspecified atom stereocenters. The molecule has 0 amide bonds. The minimum Gasteiger partial charge on any atom is -0.507 e. The number of carboxylic acids is 1. The molecule has 5 heteroatoms. The molecule has 0 fully saturated rings. The molecule has 0 heterocycles. The van der Waals surface area contributed by atoms with Gasteiger partial charge in [0.25, 0.3) is 0 Å². The molecule has 0 aliphatic carbocycles. The summed E-state index contributed by atoms with van der Waals surface area (Å²) in [6.07, 6.45) is 0. The zero-order valence-corrected chi connectivity index (χ0v) is 10.8. The molecule has 0 atom stereocenters. The van der Waals surface area contributed by atoms with Crippen molar-refractivity contribution in [3.05, 3.63) is 29.8 Å². The highest BCUT2D eigenvalue weighted by Gasteiger charge is 2.05. The SMILES string of the molecule is CCN(CC)CCO.O=C(O)c1ccccc1O. The molecule has 18 heavy (non-hydrogen) atoms. The maximum absolute atomic E-state index is 10.3. The van der Waals surface area contributed by atoms with Gasteiger partial charge in [-0.2, -0.15) is 0 Å². The van der Waals surface area contributed by atoms with Crippen molar-refractivity contribution in [2.45, 2.75) is 13.8 Å². The Hall–Kier alpha value is -1.59. The predicted octanol–water partition coefficient (Wildman–Crippen LogP) is 1.41. The van der Waals surface area contributed by atoms with Crippen LogP contribution >= 0.6 is 0 Å². The summed E-state index contributed by atoms with van der Waals surface area (Å²) in [5.74, 6) is -1.31. The van der Waals surface area contributed by atoms with Crippen LogP contribution < -0.4 is 0 Å². The number of rotatable bonds is 5. The van der Waals surface area contributed by atoms with Crippen LogP contribution in [-0.4, -0.2) is 52.4 Å². The van der Waals surface area contributed by atoms with Crippen molar-refractivity contribution in [3.8, 4) is 5.75 Å². The van der Waals surface area contributed by atoms with Gasteiger partial charge in [-0.1, -0.05) is 26.0 Å². The zero-order valence-electron chi connectivity index (χ0n) is 10.8. The average molecular weight is 255 g/mol. The fourth-order valence-corrected chi connectivity index (χ4v) is 1.34. The lowest BCUT2D eigenvalue weighted by molar-refractivity contribution is 0.0693. The molecule has 1 aromatic rings. The Balaban J connectivity index is 0.000000331. The molecular weight excluding hydrogens is 234 g/mol. The molecule has 0 aliphatic heterocycles. The first-order chi connectivity index (χ1) is 8.56. The van der Waals surface area contributed by atoms with Gasteiger partial charge in [0, 0.05) is 6.54 Å². The summed E-state index contributed by atoms with van der Waals surface area (Å²) in [6, 6.07) is 5.81. The number of aliphatic hydroxyl groups excluding tert-OH is 1. The van der Waals surface area contributed by atoms with E-state index in [0.717, 1.165) is 19.6 Å². The predicted molar refractivity (Wildman–Crippen MR) is 69.9 cm³/mol. The number of benzene rings is 1. The highest BCUT2D eigenvalue weighted by molar-refractivity contribution is 5.90. The molecular formula is C13H21NO4. The highest BCUT2D eigenvalue weighted by Crippen LogP contribution is 2.14. The molecule has 0 saturated heterocycles. The molecule has 0 saturated carbocycles. The first kappa shape index (κ1) is 16.4. The van der Waals surface area contributed by atoms with Gasteiger partial charge in [-0.05, 0) is 25.2 Å². The van der Waals surface area contributed by atoms with Gasteiger partial charge in [-0.25, -0.2) is 4.79 Å². The molecule has 0 radical (unpaired) electrons. The molecule has 1 rings (SSSR count). The van der Waals surface area contributed by atoms with Crippen molar-refractivity contribution in [1.29, 1.82) is 0 Å². The molecule has 3 N–H and O–H groups in total. The largest absolute Gasteiger partial charge is 0.507 e. The van der Waals surface area contributed by atoms with E-state index in [9.17, 15) is 4.79 Å². The van der Waals surface area contributed by atoms with Crippen LogP contribution in [-0.2, 0) is 0 Å². The molecule has 0 aromatic heterocycles. The van der Waals surface area contributed by atoms with Crippen LogP contribution in [0.3, 0.4) is 0 Å². The van der Waals surface area contributed by atoms with Crippen LogP contribution in [0.4, 0.5) is 0 Å². The van der Waals surface area contributed by atoms with Crippen molar-refractivity contribution in [2.24, 2.45) is 0 Å². The maximum atomic E-state index is 10.3. The first-order valence-electron chi connectivity index (χ1n) is 5.91. The average Bonchev–Trinajstić information content (AvgIpc) is 2.37. The number of aromatic carboxylic acids is 1. The number of likely N-dealkylation sites (N-methyl/N-ethyl adjacent to an activating group) is 1. The van der Waals surface area contributed by atoms with Crippen molar-refractivity contribution >= 4 is 5.97 Å². The van der Waals surface area contributed by atoms with Crippen molar-refractivity contribution in [1.82, 2.24) is 4.90 Å². The second-order valence-electron chi connectivity index (χ2n) is 3.57. The number of aliphatic hydroxyl groups is 1. The summed E-state index contributed by atoms with van der Waals surface area (Å²) in [4.78, 5) is 12.4. The summed E-state index contributed by atoms with van der Waals surface area (Å²) in [6.45, 7) is 7.36. The number of phenols is 1. The van der Waals surface area contributed by atoms with E-state index in [0.29, 0.717) is 0 Å². The first-order valence-corrected chi connectivity index (χ1v) is 5.91. The molecule has 5 nitrogen and oxygen atoms in total. The number of para-hydroxylation sites is 1. The third-order valence-electron chi connectivity index (χ3n) is 2.45. The van der Waals surface area contributed by atoms with Gasteiger partial charge in [0.2, 0.25) is 0 Å². The zero-order chi connectivity index (χ0) is 14.0. The Bertz CT molecular complexity index is 351. The topological polar surface area (TPSA) is 81.0 Å². The second-order valence-corrected chi connectivity index (χ2v) is 3.57. The van der Waals surface area contributed by atoms with Gasteiger partial charge in [-0.15, -0.1) is 0 Å². The van der Waals surface area contributed by atoms with E-state index in [1.54, 1.807) is 12.1 Å². The van der Waals surface area contributed by atoms with E-state index in [4.69, 9.17) is 15.3 Å². The Morgan fingerprint density at radius 1 is 1.22 bits per heavy atom. The van der Waals surface area contributed by atoms with E-state index in [1.807, 2.05) is 0 Å². The van der Waals surface area contributed by atoms with Gasteiger partial charge < -0.3 is 20.2 Å². The van der Waals surface area contributed by atoms with Crippen LogP contribution in [0.2, 0.25) is 0 Å². The van der Waals surface area contributed by atoms with Gasteiger partial charge >= 0.3 is 5.97 Å². The third kappa shape index (κ3) is 6.22. The quantitative estimate of drug-likeness (QED) is 0.741. The number of carboxylic acid groups (broad SMARTS) is 1. The number of carbonyl (C=O) groups is 1. The second kappa shape index (κ2) is 9.44. The van der Waals surface area contributed by atoms with E-state index in [1.165, 1.54) is 12.1 Å². The summed E-state index contributed by atoms with van der Waals surface area (Å²) in [5.41, 5.74) is -0.0671. The highest BCUT2D eigenvalue weighted by atomic mass is 16.4. The molecule has 0 bridgehead atoms. The number of nitrogens with zero attached hydrogens (tertiary/aromatic N) is 1. The molecule has 1 aromatic carbocycles. The molecule has 0 aliphatic rings.